The van der Waals surface area contributed by atoms with E-state index in [0.717, 1.165) is 41.0 Å². The molecular formula is C46H46N6O6. The third-order valence-electron chi connectivity index (χ3n) is 11.6. The maximum absolute atomic E-state index is 14.6. The normalized spacial score (nSPS) is 21.4. The van der Waals surface area contributed by atoms with Crippen molar-refractivity contribution in [3.8, 4) is 0 Å². The van der Waals surface area contributed by atoms with Gasteiger partial charge < -0.3 is 20.0 Å². The number of fused-ring (bicyclic) bond motifs is 1. The summed E-state index contributed by atoms with van der Waals surface area (Å²) in [6, 6.07) is 31.7. The van der Waals surface area contributed by atoms with Crippen LogP contribution in [-0.2, 0) is 31.3 Å². The van der Waals surface area contributed by atoms with E-state index in [9.17, 15) is 29.4 Å². The van der Waals surface area contributed by atoms with Gasteiger partial charge in [0.1, 0.15) is 0 Å². The van der Waals surface area contributed by atoms with Crippen molar-refractivity contribution in [1.29, 1.82) is 0 Å². The van der Waals surface area contributed by atoms with Crippen molar-refractivity contribution < 1.29 is 29.4 Å². The molecule has 0 radical (unpaired) electrons. The number of hydrogen-bond donors (Lipinski definition) is 2. The SMILES string of the molecule is C[C@H](/C=C/CC(=O)N1CCC[C@H]1CO)[C@@]1(O)C(=O)N(Cc2ccc(N3N=C(c4ccccc4)CCC3=O)cc2)c2ccc(N3N=C(c4ccccc4)CCC3=O)cc21. The number of aliphatic hydroxyl groups is 2. The lowest BCUT2D eigenvalue weighted by Gasteiger charge is -2.29. The van der Waals surface area contributed by atoms with Crippen LogP contribution in [0.4, 0.5) is 17.1 Å². The number of aliphatic hydroxyl groups excluding tert-OH is 1. The molecule has 0 unspecified atom stereocenters. The Hall–Kier alpha value is -6.24. The zero-order valence-electron chi connectivity index (χ0n) is 32.4. The molecule has 0 bridgehead atoms. The molecule has 12 heteroatoms. The molecule has 8 rings (SSSR count). The van der Waals surface area contributed by atoms with Crippen LogP contribution in [-0.4, -0.2) is 69.4 Å². The summed E-state index contributed by atoms with van der Waals surface area (Å²) < 4.78 is 0. The topological polar surface area (TPSA) is 146 Å². The average molecular weight is 779 g/mol. The summed E-state index contributed by atoms with van der Waals surface area (Å²) in [7, 11) is 0. The Labute approximate surface area is 337 Å². The Morgan fingerprint density at radius 3 is 2.00 bits per heavy atom. The van der Waals surface area contributed by atoms with Crippen LogP contribution in [0, 0.1) is 5.92 Å². The molecule has 4 aromatic rings. The lowest BCUT2D eigenvalue weighted by molar-refractivity contribution is -0.139. The number of hydrogen-bond acceptors (Lipinski definition) is 8. The predicted octanol–water partition coefficient (Wildman–Crippen LogP) is 6.05. The van der Waals surface area contributed by atoms with Gasteiger partial charge in [0.2, 0.25) is 17.7 Å². The minimum absolute atomic E-state index is 0.0593. The highest BCUT2D eigenvalue weighted by atomic mass is 16.3. The number of benzene rings is 4. The van der Waals surface area contributed by atoms with E-state index >= 15 is 0 Å². The van der Waals surface area contributed by atoms with Crippen LogP contribution in [0.15, 0.2) is 125 Å². The highest BCUT2D eigenvalue weighted by molar-refractivity contribution is 6.11. The number of rotatable bonds is 11. The first kappa shape index (κ1) is 38.6. The van der Waals surface area contributed by atoms with E-state index < -0.39 is 17.4 Å². The number of nitrogens with zero attached hydrogens (tertiary/aromatic N) is 6. The van der Waals surface area contributed by atoms with Gasteiger partial charge in [-0.25, -0.2) is 10.0 Å². The molecular weight excluding hydrogens is 733 g/mol. The average Bonchev–Trinajstić information content (AvgIpc) is 3.83. The van der Waals surface area contributed by atoms with Crippen molar-refractivity contribution in [2.75, 3.05) is 28.1 Å². The van der Waals surface area contributed by atoms with Gasteiger partial charge in [0.15, 0.2) is 5.60 Å². The molecule has 3 atom stereocenters. The molecule has 0 aromatic heterocycles. The minimum Gasteiger partial charge on any atom is -0.394 e. The molecule has 4 aromatic carbocycles. The van der Waals surface area contributed by atoms with Crippen LogP contribution in [0.5, 0.6) is 0 Å². The fourth-order valence-electron chi connectivity index (χ4n) is 8.32. The number of carbonyl (C=O) groups is 4. The van der Waals surface area contributed by atoms with Crippen molar-refractivity contribution in [1.82, 2.24) is 4.90 Å². The molecule has 58 heavy (non-hydrogen) atoms. The Kier molecular flexibility index (Phi) is 10.9. The second-order valence-corrected chi connectivity index (χ2v) is 15.2. The lowest BCUT2D eigenvalue weighted by atomic mass is 9.82. The molecule has 4 aliphatic rings. The number of likely N-dealkylation sites (tertiary alicyclic amines) is 1. The third-order valence-corrected chi connectivity index (χ3v) is 11.6. The van der Waals surface area contributed by atoms with Crippen LogP contribution >= 0.6 is 0 Å². The van der Waals surface area contributed by atoms with E-state index in [1.165, 1.54) is 14.9 Å². The van der Waals surface area contributed by atoms with Gasteiger partial charge in [0.05, 0.1) is 47.7 Å². The molecule has 2 N–H and O–H groups in total. The second-order valence-electron chi connectivity index (χ2n) is 15.2. The van der Waals surface area contributed by atoms with Gasteiger partial charge in [-0.05, 0) is 59.9 Å². The van der Waals surface area contributed by atoms with Crippen molar-refractivity contribution >= 4 is 52.1 Å². The van der Waals surface area contributed by atoms with Crippen LogP contribution in [0.3, 0.4) is 0 Å². The second kappa shape index (κ2) is 16.3. The molecule has 1 saturated heterocycles. The molecule has 1 fully saturated rings. The zero-order chi connectivity index (χ0) is 40.4. The van der Waals surface area contributed by atoms with E-state index in [-0.39, 0.29) is 49.8 Å². The predicted molar refractivity (Wildman–Crippen MR) is 222 cm³/mol. The Morgan fingerprint density at radius 1 is 0.810 bits per heavy atom. The fourth-order valence-corrected chi connectivity index (χ4v) is 8.32. The van der Waals surface area contributed by atoms with Crippen molar-refractivity contribution in [2.45, 2.75) is 70.1 Å². The summed E-state index contributed by atoms with van der Waals surface area (Å²) in [4.78, 5) is 57.2. The van der Waals surface area contributed by atoms with E-state index in [0.29, 0.717) is 48.4 Å². The zero-order valence-corrected chi connectivity index (χ0v) is 32.4. The van der Waals surface area contributed by atoms with Crippen LogP contribution in [0.25, 0.3) is 0 Å². The van der Waals surface area contributed by atoms with Crippen LogP contribution in [0.1, 0.15) is 74.1 Å². The Morgan fingerprint density at radius 2 is 1.40 bits per heavy atom. The summed E-state index contributed by atoms with van der Waals surface area (Å²) in [6.45, 7) is 2.35. The molecule has 4 amide bonds. The van der Waals surface area contributed by atoms with Gasteiger partial charge in [0, 0.05) is 50.1 Å². The third kappa shape index (κ3) is 7.36. The summed E-state index contributed by atoms with van der Waals surface area (Å²) in [5.74, 6) is -1.76. The number of hydrazone groups is 2. The summed E-state index contributed by atoms with van der Waals surface area (Å²) in [6.07, 6.45) is 6.63. The number of anilines is 3. The van der Waals surface area contributed by atoms with Crippen molar-refractivity contribution in [3.63, 3.8) is 0 Å². The number of amides is 4. The highest BCUT2D eigenvalue weighted by Gasteiger charge is 2.53. The molecule has 4 aliphatic heterocycles. The Bertz CT molecular complexity index is 2310. The molecule has 4 heterocycles. The van der Waals surface area contributed by atoms with Gasteiger partial charge in [-0.15, -0.1) is 0 Å². The van der Waals surface area contributed by atoms with E-state index in [1.54, 1.807) is 54.3 Å². The van der Waals surface area contributed by atoms with Crippen LogP contribution < -0.4 is 14.9 Å². The van der Waals surface area contributed by atoms with Gasteiger partial charge in [-0.3, -0.25) is 19.2 Å². The molecule has 0 saturated carbocycles. The first-order valence-electron chi connectivity index (χ1n) is 19.9. The molecule has 0 spiro atoms. The van der Waals surface area contributed by atoms with Gasteiger partial charge in [-0.2, -0.15) is 10.2 Å². The van der Waals surface area contributed by atoms with Crippen LogP contribution in [0.2, 0.25) is 0 Å². The van der Waals surface area contributed by atoms with E-state index in [4.69, 9.17) is 5.10 Å². The molecule has 12 nitrogen and oxygen atoms in total. The summed E-state index contributed by atoms with van der Waals surface area (Å²) >= 11 is 0. The first-order valence-corrected chi connectivity index (χ1v) is 19.9. The number of carbonyl (C=O) groups excluding carboxylic acids is 4. The standard InChI is InChI=1S/C46H46N6O6/c1-31(10-8-16-42(54)49-27-9-15-37(49)30-53)46(58)38-28-36(52-44(56)26-23-40(48-52)34-13-6-3-7-14-34)21-24-41(38)50(45(46)57)29-32-17-19-35(20-18-32)51-43(55)25-22-39(47-51)33-11-4-2-5-12-33/h2-8,10-14,17-21,24,28,31,37,53,58H,9,15-16,22-23,25-27,29-30H2,1H3/b10-8+/t31-,37+,46+/m1/s1. The largest absolute Gasteiger partial charge is 0.394 e. The summed E-state index contributed by atoms with van der Waals surface area (Å²) in [5.41, 5.74) is 4.01. The van der Waals surface area contributed by atoms with E-state index in [2.05, 4.69) is 5.10 Å². The Balaban J connectivity index is 1.09. The van der Waals surface area contributed by atoms with Crippen molar-refractivity contribution in [2.24, 2.45) is 16.1 Å². The monoisotopic (exact) mass is 778 g/mol. The lowest BCUT2D eigenvalue weighted by Crippen LogP contribution is -2.44. The minimum atomic E-state index is -2.04. The molecule has 296 valence electrons. The fraction of sp³-hybridized carbons (Fsp3) is 0.304. The maximum Gasteiger partial charge on any atom is 0.264 e. The maximum atomic E-state index is 14.6. The van der Waals surface area contributed by atoms with Gasteiger partial charge in [0.25, 0.3) is 5.91 Å². The van der Waals surface area contributed by atoms with Gasteiger partial charge >= 0.3 is 0 Å². The molecule has 0 aliphatic carbocycles. The first-order chi connectivity index (χ1) is 28.1. The van der Waals surface area contributed by atoms with E-state index in [1.807, 2.05) is 72.8 Å². The van der Waals surface area contributed by atoms with Crippen molar-refractivity contribution in [3.05, 3.63) is 138 Å². The summed E-state index contributed by atoms with van der Waals surface area (Å²) in [5, 5.41) is 34.5. The highest BCUT2D eigenvalue weighted by Crippen LogP contribution is 2.47. The smallest absolute Gasteiger partial charge is 0.264 e. The quantitative estimate of drug-likeness (QED) is 0.178. The van der Waals surface area contributed by atoms with Gasteiger partial charge in [-0.1, -0.05) is 91.9 Å².